The highest BCUT2D eigenvalue weighted by atomic mass is 19.4. The van der Waals surface area contributed by atoms with Crippen molar-refractivity contribution in [1.82, 2.24) is 0 Å². The Balaban J connectivity index is 1.80. The molecule has 0 spiro atoms. The van der Waals surface area contributed by atoms with Gasteiger partial charge in [0.15, 0.2) is 0 Å². The van der Waals surface area contributed by atoms with Crippen molar-refractivity contribution in [2.24, 2.45) is 0 Å². The van der Waals surface area contributed by atoms with Crippen LogP contribution < -0.4 is 10.2 Å². The number of alkyl halides is 3. The molecule has 0 saturated carbocycles. The first-order valence-electron chi connectivity index (χ1n) is 9.23. The molecule has 1 saturated heterocycles. The molecule has 0 unspecified atom stereocenters. The summed E-state index contributed by atoms with van der Waals surface area (Å²) in [5.74, 6) is -0.357. The molecular formula is C21H23F3N2O2. The summed E-state index contributed by atoms with van der Waals surface area (Å²) in [7, 11) is 0. The number of hydrogen-bond donors (Lipinski definition) is 1. The van der Waals surface area contributed by atoms with Crippen LogP contribution in [-0.2, 0) is 15.7 Å². The highest BCUT2D eigenvalue weighted by Gasteiger charge is 2.32. The molecule has 1 amide bonds. The Morgan fingerprint density at radius 1 is 1.14 bits per heavy atom. The van der Waals surface area contributed by atoms with Gasteiger partial charge in [-0.25, -0.2) is 0 Å². The van der Waals surface area contributed by atoms with E-state index in [1.54, 1.807) is 0 Å². The van der Waals surface area contributed by atoms with E-state index in [1.807, 2.05) is 42.2 Å². The molecule has 1 atom stereocenters. The molecule has 2 aromatic carbocycles. The van der Waals surface area contributed by atoms with Crippen LogP contribution in [0.1, 0.15) is 30.4 Å². The summed E-state index contributed by atoms with van der Waals surface area (Å²) in [5.41, 5.74) is 0.991. The fourth-order valence-electron chi connectivity index (χ4n) is 3.27. The topological polar surface area (TPSA) is 41.6 Å². The highest BCUT2D eigenvalue weighted by Crippen LogP contribution is 2.36. The van der Waals surface area contributed by atoms with E-state index >= 15 is 0 Å². The summed E-state index contributed by atoms with van der Waals surface area (Å²) < 4.78 is 44.8. The van der Waals surface area contributed by atoms with E-state index in [-0.39, 0.29) is 23.9 Å². The minimum absolute atomic E-state index is 0.0427. The van der Waals surface area contributed by atoms with Crippen molar-refractivity contribution in [3.05, 3.63) is 59.7 Å². The summed E-state index contributed by atoms with van der Waals surface area (Å²) in [4.78, 5) is 14.5. The number of carbonyl (C=O) groups excluding carboxylic acids is 1. The van der Waals surface area contributed by atoms with E-state index in [0.29, 0.717) is 32.0 Å². The normalized spacial score (nSPS) is 15.9. The van der Waals surface area contributed by atoms with Gasteiger partial charge in [0.25, 0.3) is 0 Å². The van der Waals surface area contributed by atoms with E-state index in [4.69, 9.17) is 4.74 Å². The molecule has 28 heavy (non-hydrogen) atoms. The molecule has 1 aliphatic rings. The van der Waals surface area contributed by atoms with Crippen LogP contribution in [0.5, 0.6) is 0 Å². The van der Waals surface area contributed by atoms with Gasteiger partial charge in [-0.15, -0.1) is 0 Å². The Hall–Kier alpha value is -2.54. The maximum atomic E-state index is 13.2. The molecule has 4 nitrogen and oxygen atoms in total. The number of halogens is 3. The highest BCUT2D eigenvalue weighted by molar-refractivity contribution is 5.95. The maximum absolute atomic E-state index is 13.2. The number of rotatable bonds is 5. The van der Waals surface area contributed by atoms with Gasteiger partial charge in [-0.2, -0.15) is 13.2 Å². The van der Waals surface area contributed by atoms with Gasteiger partial charge < -0.3 is 15.0 Å². The first-order valence-corrected chi connectivity index (χ1v) is 9.23. The molecule has 2 aromatic rings. The number of anilines is 2. The van der Waals surface area contributed by atoms with Crippen LogP contribution in [0.3, 0.4) is 0 Å². The molecule has 1 aliphatic heterocycles. The van der Waals surface area contributed by atoms with Gasteiger partial charge >= 0.3 is 6.18 Å². The average molecular weight is 392 g/mol. The van der Waals surface area contributed by atoms with Crippen LogP contribution in [0.25, 0.3) is 0 Å². The Bertz CT molecular complexity index is 803. The predicted molar refractivity (Wildman–Crippen MR) is 103 cm³/mol. The first kappa shape index (κ1) is 20.2. The van der Waals surface area contributed by atoms with Crippen LogP contribution in [0.2, 0.25) is 0 Å². The maximum Gasteiger partial charge on any atom is 0.416 e. The third-order valence-corrected chi connectivity index (χ3v) is 4.81. The zero-order chi connectivity index (χ0) is 20.1. The Morgan fingerprint density at radius 2 is 1.82 bits per heavy atom. The van der Waals surface area contributed by atoms with Gasteiger partial charge in [0.05, 0.1) is 30.2 Å². The number of nitrogens with one attached hydrogen (secondary N) is 1. The van der Waals surface area contributed by atoms with Crippen molar-refractivity contribution in [3.8, 4) is 0 Å². The average Bonchev–Trinajstić information content (AvgIpc) is 2.68. The number of morpholine rings is 1. The van der Waals surface area contributed by atoms with Crippen molar-refractivity contribution in [2.45, 2.75) is 25.4 Å². The first-order chi connectivity index (χ1) is 13.3. The molecule has 1 fully saturated rings. The molecule has 3 rings (SSSR count). The lowest BCUT2D eigenvalue weighted by Crippen LogP contribution is -2.37. The Morgan fingerprint density at radius 3 is 2.46 bits per heavy atom. The van der Waals surface area contributed by atoms with Crippen LogP contribution in [-0.4, -0.2) is 32.2 Å². The molecule has 1 N–H and O–H groups in total. The van der Waals surface area contributed by atoms with Crippen molar-refractivity contribution in [3.63, 3.8) is 0 Å². The van der Waals surface area contributed by atoms with Gasteiger partial charge in [-0.05, 0) is 29.7 Å². The minimum Gasteiger partial charge on any atom is -0.378 e. The standard InChI is InChI=1S/C21H23F3N2O2/c1-15(16-5-3-2-4-6-16)13-20(27)25-18-14-17(21(22,23)24)7-8-19(18)26-9-11-28-12-10-26/h2-8,14-15H,9-13H2,1H3,(H,25,27)/t15-/m0/s1. The molecule has 0 bridgehead atoms. The Labute approximate surface area is 162 Å². The minimum atomic E-state index is -4.47. The second-order valence-corrected chi connectivity index (χ2v) is 6.89. The van der Waals surface area contributed by atoms with Crippen LogP contribution in [0, 0.1) is 0 Å². The summed E-state index contributed by atoms with van der Waals surface area (Å²) in [6.45, 7) is 4.05. The quantitative estimate of drug-likeness (QED) is 0.804. The van der Waals surface area contributed by atoms with E-state index in [9.17, 15) is 18.0 Å². The molecular weight excluding hydrogens is 369 g/mol. The van der Waals surface area contributed by atoms with Crippen LogP contribution in [0.15, 0.2) is 48.5 Å². The van der Waals surface area contributed by atoms with Crippen molar-refractivity contribution in [2.75, 3.05) is 36.5 Å². The molecule has 7 heteroatoms. The summed E-state index contributed by atoms with van der Waals surface area (Å²) in [6.07, 6.45) is -4.29. The van der Waals surface area contributed by atoms with Gasteiger partial charge in [-0.3, -0.25) is 4.79 Å². The fourth-order valence-corrected chi connectivity index (χ4v) is 3.27. The van der Waals surface area contributed by atoms with Gasteiger partial charge in [0, 0.05) is 19.5 Å². The largest absolute Gasteiger partial charge is 0.416 e. The van der Waals surface area contributed by atoms with Crippen molar-refractivity contribution < 1.29 is 22.7 Å². The van der Waals surface area contributed by atoms with Crippen LogP contribution in [0.4, 0.5) is 24.5 Å². The molecule has 0 radical (unpaired) electrons. The number of hydrogen-bond acceptors (Lipinski definition) is 3. The number of amides is 1. The third kappa shape index (κ3) is 5.04. The van der Waals surface area contributed by atoms with Crippen LogP contribution >= 0.6 is 0 Å². The van der Waals surface area contributed by atoms with E-state index < -0.39 is 11.7 Å². The number of ether oxygens (including phenoxy) is 1. The van der Waals surface area contributed by atoms with E-state index in [2.05, 4.69) is 5.32 Å². The summed E-state index contributed by atoms with van der Waals surface area (Å²) in [6, 6.07) is 13.0. The smallest absolute Gasteiger partial charge is 0.378 e. The monoisotopic (exact) mass is 392 g/mol. The Kier molecular flexibility index (Phi) is 6.24. The fraction of sp³-hybridized carbons (Fsp3) is 0.381. The van der Waals surface area contributed by atoms with Crippen molar-refractivity contribution >= 4 is 17.3 Å². The summed E-state index contributed by atoms with van der Waals surface area (Å²) >= 11 is 0. The molecule has 0 aliphatic carbocycles. The number of benzene rings is 2. The second kappa shape index (κ2) is 8.65. The molecule has 150 valence electrons. The molecule has 1 heterocycles. The SMILES string of the molecule is C[C@@H](CC(=O)Nc1cc(C(F)(F)F)ccc1N1CCOCC1)c1ccccc1. The predicted octanol–water partition coefficient (Wildman–Crippen LogP) is 4.67. The van der Waals surface area contributed by atoms with Gasteiger partial charge in [0.1, 0.15) is 0 Å². The van der Waals surface area contributed by atoms with Gasteiger partial charge in [0.2, 0.25) is 5.91 Å². The zero-order valence-electron chi connectivity index (χ0n) is 15.6. The van der Waals surface area contributed by atoms with Crippen molar-refractivity contribution in [1.29, 1.82) is 0 Å². The zero-order valence-corrected chi connectivity index (χ0v) is 15.6. The van der Waals surface area contributed by atoms with E-state index in [0.717, 1.165) is 17.7 Å². The van der Waals surface area contributed by atoms with Gasteiger partial charge in [-0.1, -0.05) is 37.3 Å². The number of nitrogens with zero attached hydrogens (tertiary/aromatic N) is 1. The third-order valence-electron chi connectivity index (χ3n) is 4.81. The lowest BCUT2D eigenvalue weighted by atomic mass is 9.97. The lowest BCUT2D eigenvalue weighted by Gasteiger charge is -2.31. The second-order valence-electron chi connectivity index (χ2n) is 6.89. The summed E-state index contributed by atoms with van der Waals surface area (Å²) in [5, 5.41) is 2.70. The number of carbonyl (C=O) groups is 1. The molecule has 0 aromatic heterocycles. The lowest BCUT2D eigenvalue weighted by molar-refractivity contribution is -0.137. The van der Waals surface area contributed by atoms with E-state index in [1.165, 1.54) is 6.07 Å².